The Kier molecular flexibility index (Phi) is 17.2. The van der Waals surface area contributed by atoms with Gasteiger partial charge in [-0.15, -0.1) is 0 Å². The zero-order valence-electron chi connectivity index (χ0n) is 41.0. The molecule has 0 radical (unpaired) electrons. The molecule has 6 heterocycles. The van der Waals surface area contributed by atoms with Crippen molar-refractivity contribution in [3.63, 3.8) is 0 Å². The van der Waals surface area contributed by atoms with Crippen LogP contribution in [-0.4, -0.2) is 175 Å². The highest BCUT2D eigenvalue weighted by Crippen LogP contribution is 2.46. The molecular weight excluding hydrogens is 887 g/mol. The molecule has 0 spiro atoms. The summed E-state index contributed by atoms with van der Waals surface area (Å²) in [5.74, 6) is -7.66. The summed E-state index contributed by atoms with van der Waals surface area (Å²) in [6.45, 7) is 16.7. The number of Topliss-reactive ketones (excluding diaryl/α,β-unsaturated/α-hetero) is 2. The van der Waals surface area contributed by atoms with Gasteiger partial charge in [-0.2, -0.15) is 0 Å². The van der Waals surface area contributed by atoms with Crippen LogP contribution in [0.25, 0.3) is 11.0 Å². The van der Waals surface area contributed by atoms with Gasteiger partial charge in [0.25, 0.3) is 0 Å². The summed E-state index contributed by atoms with van der Waals surface area (Å²) in [6, 6.07) is 1.79. The molecule has 68 heavy (non-hydrogen) atoms. The minimum atomic E-state index is -1.46. The number of ether oxygens (including phenoxy) is 5. The molecule has 2 aromatic rings. The van der Waals surface area contributed by atoms with Crippen LogP contribution in [0.3, 0.4) is 0 Å². The van der Waals surface area contributed by atoms with Crippen LogP contribution in [-0.2, 0) is 47.7 Å². The van der Waals surface area contributed by atoms with E-state index in [1.54, 1.807) is 51.8 Å². The number of nitrogens with zero attached hydrogens (tertiary/aromatic N) is 5. The van der Waals surface area contributed by atoms with E-state index in [0.717, 1.165) is 0 Å². The van der Waals surface area contributed by atoms with Crippen molar-refractivity contribution < 1.29 is 74.3 Å². The van der Waals surface area contributed by atoms with Crippen molar-refractivity contribution in [3.8, 4) is 5.75 Å². The average Bonchev–Trinajstić information content (AvgIpc) is 3.54. The number of aromatic hydroxyl groups is 1. The monoisotopic (exact) mass is 957 g/mol. The molecule has 4 N–H and O–H groups in total. The van der Waals surface area contributed by atoms with Crippen molar-refractivity contribution in [2.24, 2.45) is 23.7 Å². The van der Waals surface area contributed by atoms with Crippen molar-refractivity contribution in [2.45, 2.75) is 148 Å². The van der Waals surface area contributed by atoms with E-state index in [4.69, 9.17) is 33.9 Å². The number of amides is 1. The summed E-state index contributed by atoms with van der Waals surface area (Å²) in [5.41, 5.74) is -0.905. The predicted molar refractivity (Wildman–Crippen MR) is 246 cm³/mol. The molecule has 20 heteroatoms. The van der Waals surface area contributed by atoms with Crippen molar-refractivity contribution in [2.75, 3.05) is 34.3 Å². The Hall–Kier alpha value is -5.12. The number of rotatable bonds is 10. The quantitative estimate of drug-likeness (QED) is 0.147. The van der Waals surface area contributed by atoms with Gasteiger partial charge < -0.3 is 49.0 Å². The molecule has 0 saturated carbocycles. The van der Waals surface area contributed by atoms with Gasteiger partial charge in [-0.25, -0.2) is 14.4 Å². The predicted octanol–water partition coefficient (Wildman–Crippen LogP) is 4.24. The minimum absolute atomic E-state index is 0. The lowest BCUT2D eigenvalue weighted by molar-refractivity contribution is -0.295. The third-order valence-electron chi connectivity index (χ3n) is 14.4. The fraction of sp³-hybridized carbons (Fsp3) is 0.667. The number of fused-ring (bicyclic) bond motifs is 2. The summed E-state index contributed by atoms with van der Waals surface area (Å²) in [7, 11) is 5.22. The van der Waals surface area contributed by atoms with Gasteiger partial charge in [0.05, 0.1) is 47.1 Å². The molecule has 14 atom stereocenters. The number of aliphatic carboxylic acids is 2. The number of aromatic nitrogens is 2. The Labute approximate surface area is 398 Å². The molecule has 4 fully saturated rings. The number of cyclic esters (lactones) is 1. The number of ketones is 2. The molecule has 4 saturated heterocycles. The Morgan fingerprint density at radius 3 is 2.22 bits per heavy atom. The van der Waals surface area contributed by atoms with Crippen molar-refractivity contribution in [1.29, 1.82) is 0 Å². The maximum absolute atomic E-state index is 14.9. The number of hydrogen-bond donors (Lipinski definition) is 4. The fourth-order valence-electron chi connectivity index (χ4n) is 10.5. The third kappa shape index (κ3) is 11.0. The molecule has 0 aromatic carbocycles. The normalized spacial score (nSPS) is 34.9. The van der Waals surface area contributed by atoms with Crippen LogP contribution in [0.5, 0.6) is 5.75 Å². The lowest BCUT2D eigenvalue weighted by atomic mass is 9.73. The largest absolute Gasteiger partial charge is 0.506 e. The highest BCUT2D eigenvalue weighted by molar-refractivity contribution is 6.00. The Bertz CT molecular complexity index is 2210. The first-order valence-corrected chi connectivity index (χ1v) is 23.1. The molecule has 4 aliphatic rings. The van der Waals surface area contributed by atoms with Crippen molar-refractivity contribution in [3.05, 3.63) is 42.2 Å². The third-order valence-corrected chi connectivity index (χ3v) is 14.4. The highest BCUT2D eigenvalue weighted by Gasteiger charge is 2.63. The molecule has 0 bridgehead atoms. The zero-order valence-corrected chi connectivity index (χ0v) is 41.0. The van der Waals surface area contributed by atoms with Gasteiger partial charge in [-0.05, 0) is 80.1 Å². The van der Waals surface area contributed by atoms with E-state index in [-0.39, 0.29) is 50.0 Å². The Morgan fingerprint density at radius 2 is 1.65 bits per heavy atom. The first-order chi connectivity index (χ1) is 31.8. The first-order valence-electron chi connectivity index (χ1n) is 23.1. The van der Waals surface area contributed by atoms with Crippen LogP contribution in [0.15, 0.2) is 36.7 Å². The van der Waals surface area contributed by atoms with E-state index >= 15 is 0 Å². The van der Waals surface area contributed by atoms with Crippen LogP contribution >= 0.6 is 0 Å². The number of likely N-dealkylation sites (N-methyl/N-ethyl adjacent to an activating group) is 1. The van der Waals surface area contributed by atoms with Crippen LogP contribution in [0, 0.1) is 23.7 Å². The number of carbonyl (C=O) groups is 6. The van der Waals surface area contributed by atoms with Crippen molar-refractivity contribution >= 4 is 46.6 Å². The molecule has 1 unspecified atom stereocenters. The number of aliphatic hydroxyl groups is 1. The number of likely N-dealkylation sites (tertiary alicyclic amines) is 1. The van der Waals surface area contributed by atoms with Crippen LogP contribution in [0.2, 0.25) is 0 Å². The SMILES string of the molecule is CC[C@H]1OC(=O)[C@H](C)C(=O)[C@H](C)[C@@H](O[C@@H]2O[C@H](C)C[C@H](N(C)C)[C@H]2O)[C@](C)(OC)C[C@@H](C)C(=O)[C@H](C)[C@H]2N(C3CN(C(C)c4c(O)cnc5cccnc45)C3)C(=O)O[C@]12C.O=C(O)/C=C/C(=O)O.[HH]. The summed E-state index contributed by atoms with van der Waals surface area (Å²) < 4.78 is 31.4. The second-order valence-corrected chi connectivity index (χ2v) is 19.3. The van der Waals surface area contributed by atoms with E-state index in [2.05, 4.69) is 14.9 Å². The number of carboxylic acid groups (broad SMARTS) is 2. The molecule has 378 valence electrons. The zero-order chi connectivity index (χ0) is 50.7. The summed E-state index contributed by atoms with van der Waals surface area (Å²) in [5, 5.41) is 38.0. The van der Waals surface area contributed by atoms with E-state index in [1.165, 1.54) is 20.2 Å². The average molecular weight is 958 g/mol. The highest BCUT2D eigenvalue weighted by atomic mass is 16.7. The smallest absolute Gasteiger partial charge is 0.411 e. The number of aliphatic hydroxyl groups excluding tert-OH is 1. The number of esters is 1. The molecule has 1 amide bonds. The Morgan fingerprint density at radius 1 is 1.01 bits per heavy atom. The van der Waals surface area contributed by atoms with Crippen LogP contribution in [0.4, 0.5) is 4.79 Å². The second kappa shape index (κ2) is 21.7. The topological polar surface area (TPSA) is 265 Å². The molecule has 20 nitrogen and oxygen atoms in total. The van der Waals surface area contributed by atoms with Gasteiger partial charge >= 0.3 is 24.0 Å². The van der Waals surface area contributed by atoms with Gasteiger partial charge in [0.2, 0.25) is 0 Å². The van der Waals surface area contributed by atoms with E-state index < -0.39 is 95.3 Å². The minimum Gasteiger partial charge on any atom is -0.506 e. The number of pyridine rings is 2. The van der Waals surface area contributed by atoms with E-state index in [0.29, 0.717) is 48.3 Å². The van der Waals surface area contributed by atoms with Gasteiger partial charge in [0.1, 0.15) is 29.7 Å². The first kappa shape index (κ1) is 53.8. The number of methoxy groups -OCH3 is 1. The summed E-state index contributed by atoms with van der Waals surface area (Å²) in [4.78, 5) is 91.1. The van der Waals surface area contributed by atoms with E-state index in [9.17, 15) is 39.0 Å². The standard InChI is InChI=1S/C44H65N5O11.C4H4O4.H2/c1-13-32-44(9)38(49(42(55)60-44)28-20-48(21-28)27(7)33-31(50)19-46-29-15-14-16-45-34(29)33)24(4)35(51)22(2)18-43(8,56-12)39(25(5)36(52)26(6)40(54)58-32)59-41-37(53)30(47(10)11)17-23(3)57-41;5-3(6)1-2-4(7)8;/h14-16,19,22-28,30,32,37-39,41,50,53H,13,17-18,20-21H2,1-12H3;1-2H,(H,5,6)(H,7,8);1H/b;2-1+;/t22-,23-,24+,25+,26-,27?,30+,32-,37-,38-,39-,41+,43-,44-;;/m1../s1. The summed E-state index contributed by atoms with van der Waals surface area (Å²) >= 11 is 0. The number of carboxylic acids is 2. The second-order valence-electron chi connectivity index (χ2n) is 19.3. The molecule has 4 aliphatic heterocycles. The molecule has 0 aliphatic carbocycles. The molecular formula is C48H71N5O15. The Balaban J connectivity index is 0.00000106. The number of carbonyl (C=O) groups excluding carboxylic acids is 4. The van der Waals surface area contributed by atoms with Crippen LogP contribution < -0.4 is 0 Å². The maximum atomic E-state index is 14.9. The van der Waals surface area contributed by atoms with Crippen molar-refractivity contribution in [1.82, 2.24) is 24.7 Å². The maximum Gasteiger partial charge on any atom is 0.411 e. The van der Waals surface area contributed by atoms with E-state index in [1.807, 2.05) is 45.8 Å². The number of hydrogen-bond acceptors (Lipinski definition) is 17. The lowest BCUT2D eigenvalue weighted by Gasteiger charge is -2.50. The van der Waals surface area contributed by atoms with Gasteiger partial charge in [0.15, 0.2) is 17.7 Å². The van der Waals surface area contributed by atoms with Gasteiger partial charge in [-0.3, -0.25) is 34.2 Å². The lowest BCUT2D eigenvalue weighted by Crippen LogP contribution is -2.66. The molecule has 6 rings (SSSR count). The molecule has 2 aromatic heterocycles. The van der Waals surface area contributed by atoms with Crippen LogP contribution in [0.1, 0.15) is 94.6 Å². The van der Waals surface area contributed by atoms with Gasteiger partial charge in [-0.1, -0.05) is 27.7 Å². The van der Waals surface area contributed by atoms with Gasteiger partial charge in [0, 0.05) is 75.4 Å². The summed E-state index contributed by atoms with van der Waals surface area (Å²) in [6.07, 6.45) is -0.102. The fourth-order valence-corrected chi connectivity index (χ4v) is 10.5.